The fraction of sp³-hybridized carbons (Fsp3) is 1.00. The lowest BCUT2D eigenvalue weighted by molar-refractivity contribution is 0.122. The van der Waals surface area contributed by atoms with Gasteiger partial charge in [-0.15, -0.1) is 0 Å². The first-order chi connectivity index (χ1) is 5.02. The van der Waals surface area contributed by atoms with Crippen molar-refractivity contribution >= 4 is 12.6 Å². The SMILES string of the molecule is CC(C)(C)C1(NCCS)CO1. The van der Waals surface area contributed by atoms with E-state index in [4.69, 9.17) is 4.74 Å². The van der Waals surface area contributed by atoms with E-state index in [9.17, 15) is 0 Å². The van der Waals surface area contributed by atoms with Crippen LogP contribution in [0.3, 0.4) is 0 Å². The summed E-state index contributed by atoms with van der Waals surface area (Å²) in [5.74, 6) is 0.862. The fourth-order valence-corrected chi connectivity index (χ4v) is 1.24. The Hall–Kier alpha value is 0.270. The van der Waals surface area contributed by atoms with Gasteiger partial charge in [0, 0.05) is 17.7 Å². The molecule has 0 radical (unpaired) electrons. The summed E-state index contributed by atoms with van der Waals surface area (Å²) in [6.45, 7) is 8.31. The van der Waals surface area contributed by atoms with Crippen LogP contribution >= 0.6 is 12.6 Å². The summed E-state index contributed by atoms with van der Waals surface area (Å²) in [6.07, 6.45) is 0. The van der Waals surface area contributed by atoms with Gasteiger partial charge in [-0.2, -0.15) is 12.6 Å². The molecule has 0 aromatic rings. The van der Waals surface area contributed by atoms with Crippen LogP contribution in [-0.2, 0) is 4.74 Å². The first kappa shape index (κ1) is 9.36. The Bertz CT molecular complexity index is 138. The molecule has 1 rings (SSSR count). The Labute approximate surface area is 74.1 Å². The second-order valence-electron chi connectivity index (χ2n) is 4.02. The predicted octanol–water partition coefficient (Wildman–Crippen LogP) is 1.28. The quantitative estimate of drug-likeness (QED) is 0.499. The van der Waals surface area contributed by atoms with E-state index in [1.54, 1.807) is 0 Å². The zero-order valence-electron chi connectivity index (χ0n) is 7.48. The van der Waals surface area contributed by atoms with E-state index in [-0.39, 0.29) is 11.1 Å². The molecule has 1 atom stereocenters. The Kier molecular flexibility index (Phi) is 2.52. The molecule has 0 bridgehead atoms. The normalized spacial score (nSPS) is 30.5. The molecule has 1 fully saturated rings. The Morgan fingerprint density at radius 2 is 2.09 bits per heavy atom. The van der Waals surface area contributed by atoms with Crippen LogP contribution in [0.2, 0.25) is 0 Å². The minimum atomic E-state index is -0.0598. The number of epoxide rings is 1. The van der Waals surface area contributed by atoms with Crippen LogP contribution in [0.4, 0.5) is 0 Å². The summed E-state index contributed by atoms with van der Waals surface area (Å²) < 4.78 is 5.42. The maximum absolute atomic E-state index is 5.42. The molecule has 0 saturated carbocycles. The van der Waals surface area contributed by atoms with Gasteiger partial charge in [0.25, 0.3) is 0 Å². The highest BCUT2D eigenvalue weighted by Gasteiger charge is 2.53. The molecular weight excluding hydrogens is 158 g/mol. The number of ether oxygens (including phenoxy) is 1. The molecule has 0 aromatic carbocycles. The molecule has 2 nitrogen and oxygen atoms in total. The third-order valence-electron chi connectivity index (χ3n) is 2.17. The van der Waals surface area contributed by atoms with E-state index in [1.165, 1.54) is 0 Å². The maximum Gasteiger partial charge on any atom is 0.147 e. The number of thiol groups is 1. The summed E-state index contributed by atoms with van der Waals surface area (Å²) in [7, 11) is 0. The van der Waals surface area contributed by atoms with Crippen LogP contribution < -0.4 is 5.32 Å². The summed E-state index contributed by atoms with van der Waals surface area (Å²) in [5.41, 5.74) is 0.131. The van der Waals surface area contributed by atoms with Crippen molar-refractivity contribution in [3.8, 4) is 0 Å². The Balaban J connectivity index is 2.41. The van der Waals surface area contributed by atoms with Gasteiger partial charge in [-0.25, -0.2) is 0 Å². The van der Waals surface area contributed by atoms with Crippen LogP contribution in [0.15, 0.2) is 0 Å². The molecule has 1 saturated heterocycles. The summed E-state index contributed by atoms with van der Waals surface area (Å²) in [4.78, 5) is 0. The first-order valence-electron chi connectivity index (χ1n) is 4.02. The standard InChI is InChI=1S/C8H17NOS/c1-7(2,3)8(6-10-8)9-4-5-11/h9,11H,4-6H2,1-3H3. The molecule has 0 aliphatic carbocycles. The molecule has 66 valence electrons. The van der Waals surface area contributed by atoms with Gasteiger partial charge in [-0.05, 0) is 0 Å². The molecule has 0 amide bonds. The largest absolute Gasteiger partial charge is 0.353 e. The monoisotopic (exact) mass is 175 g/mol. The van der Waals surface area contributed by atoms with Gasteiger partial charge in [0.05, 0.1) is 6.61 Å². The van der Waals surface area contributed by atoms with E-state index in [0.29, 0.717) is 0 Å². The average Bonchev–Trinajstić information content (AvgIpc) is 2.61. The minimum absolute atomic E-state index is 0.0598. The van der Waals surface area contributed by atoms with Crippen molar-refractivity contribution in [1.29, 1.82) is 0 Å². The van der Waals surface area contributed by atoms with E-state index in [1.807, 2.05) is 0 Å². The van der Waals surface area contributed by atoms with E-state index in [2.05, 4.69) is 38.7 Å². The molecule has 3 heteroatoms. The molecule has 1 unspecified atom stereocenters. The molecule has 0 spiro atoms. The van der Waals surface area contributed by atoms with Crippen molar-refractivity contribution in [2.75, 3.05) is 18.9 Å². The van der Waals surface area contributed by atoms with Crippen LogP contribution in [-0.4, -0.2) is 24.6 Å². The minimum Gasteiger partial charge on any atom is -0.353 e. The number of rotatable bonds is 3. The van der Waals surface area contributed by atoms with Crippen LogP contribution in [0.25, 0.3) is 0 Å². The highest BCUT2D eigenvalue weighted by Crippen LogP contribution is 2.41. The van der Waals surface area contributed by atoms with Gasteiger partial charge in [0.2, 0.25) is 0 Å². The van der Waals surface area contributed by atoms with Crippen molar-refractivity contribution in [3.05, 3.63) is 0 Å². The van der Waals surface area contributed by atoms with Gasteiger partial charge in [-0.3, -0.25) is 5.32 Å². The lowest BCUT2D eigenvalue weighted by Crippen LogP contribution is -2.45. The molecule has 1 aliphatic heterocycles. The zero-order valence-corrected chi connectivity index (χ0v) is 8.37. The Morgan fingerprint density at radius 1 is 1.55 bits per heavy atom. The van der Waals surface area contributed by atoms with E-state index in [0.717, 1.165) is 18.9 Å². The number of nitrogens with one attached hydrogen (secondary N) is 1. The van der Waals surface area contributed by atoms with E-state index >= 15 is 0 Å². The second-order valence-corrected chi connectivity index (χ2v) is 4.46. The average molecular weight is 175 g/mol. The molecule has 1 aliphatic rings. The van der Waals surface area contributed by atoms with Crippen molar-refractivity contribution in [3.63, 3.8) is 0 Å². The van der Waals surface area contributed by atoms with E-state index < -0.39 is 0 Å². The van der Waals surface area contributed by atoms with Crippen molar-refractivity contribution in [2.45, 2.75) is 26.5 Å². The summed E-state index contributed by atoms with van der Waals surface area (Å²) in [5, 5.41) is 3.36. The lowest BCUT2D eigenvalue weighted by atomic mass is 9.87. The van der Waals surface area contributed by atoms with Crippen molar-refractivity contribution < 1.29 is 4.74 Å². The maximum atomic E-state index is 5.42. The topological polar surface area (TPSA) is 24.6 Å². The van der Waals surface area contributed by atoms with Crippen LogP contribution in [0.1, 0.15) is 20.8 Å². The molecule has 0 aromatic heterocycles. The van der Waals surface area contributed by atoms with Gasteiger partial charge in [-0.1, -0.05) is 20.8 Å². The molecule has 1 heterocycles. The third kappa shape index (κ3) is 1.89. The third-order valence-corrected chi connectivity index (χ3v) is 2.39. The number of hydrogen-bond acceptors (Lipinski definition) is 3. The summed E-state index contributed by atoms with van der Waals surface area (Å²) >= 11 is 4.14. The number of hydrogen-bond donors (Lipinski definition) is 2. The Morgan fingerprint density at radius 3 is 2.36 bits per heavy atom. The fourth-order valence-electron chi connectivity index (χ4n) is 1.13. The van der Waals surface area contributed by atoms with Gasteiger partial charge < -0.3 is 4.74 Å². The van der Waals surface area contributed by atoms with Gasteiger partial charge >= 0.3 is 0 Å². The zero-order chi connectivity index (χ0) is 8.54. The lowest BCUT2D eigenvalue weighted by Gasteiger charge is -2.28. The second kappa shape index (κ2) is 2.96. The van der Waals surface area contributed by atoms with Gasteiger partial charge in [0.1, 0.15) is 5.72 Å². The first-order valence-corrected chi connectivity index (χ1v) is 4.65. The van der Waals surface area contributed by atoms with Crippen molar-refractivity contribution in [1.82, 2.24) is 5.32 Å². The van der Waals surface area contributed by atoms with Crippen molar-refractivity contribution in [2.24, 2.45) is 5.41 Å². The smallest absolute Gasteiger partial charge is 0.147 e. The molecule has 1 N–H and O–H groups in total. The highest BCUT2D eigenvalue weighted by molar-refractivity contribution is 7.80. The predicted molar refractivity (Wildman–Crippen MR) is 50.0 cm³/mol. The van der Waals surface area contributed by atoms with Crippen LogP contribution in [0.5, 0.6) is 0 Å². The molecular formula is C8H17NOS. The summed E-state index contributed by atoms with van der Waals surface area (Å²) in [6, 6.07) is 0. The van der Waals surface area contributed by atoms with Crippen LogP contribution in [0, 0.1) is 5.41 Å². The highest BCUT2D eigenvalue weighted by atomic mass is 32.1. The van der Waals surface area contributed by atoms with Gasteiger partial charge in [0.15, 0.2) is 0 Å². The molecule has 11 heavy (non-hydrogen) atoms.